The van der Waals surface area contributed by atoms with Gasteiger partial charge in [-0.3, -0.25) is 0 Å². The second-order valence-corrected chi connectivity index (χ2v) is 3.17. The first-order valence-corrected chi connectivity index (χ1v) is 3.85. The molecule has 0 aromatic carbocycles. The first-order chi connectivity index (χ1) is 4.66. The highest BCUT2D eigenvalue weighted by atomic mass is 16.5. The Bertz CT molecular complexity index is 153. The zero-order valence-corrected chi connectivity index (χ0v) is 6.98. The van der Waals surface area contributed by atoms with Crippen LogP contribution in [0.1, 0.15) is 33.6 Å². The second-order valence-electron chi connectivity index (χ2n) is 3.17. The lowest BCUT2D eigenvalue weighted by Crippen LogP contribution is -2.22. The Kier molecular flexibility index (Phi) is 1.97. The molecule has 0 saturated heterocycles. The summed E-state index contributed by atoms with van der Waals surface area (Å²) in [6.07, 6.45) is 2.31. The summed E-state index contributed by atoms with van der Waals surface area (Å²) in [4.78, 5) is 4.40. The van der Waals surface area contributed by atoms with Crippen molar-refractivity contribution in [3.8, 4) is 0 Å². The van der Waals surface area contributed by atoms with Crippen molar-refractivity contribution in [2.24, 2.45) is 4.99 Å². The average Bonchev–Trinajstić information content (AvgIpc) is 2.12. The van der Waals surface area contributed by atoms with E-state index in [0.717, 1.165) is 18.9 Å². The van der Waals surface area contributed by atoms with Crippen LogP contribution >= 0.6 is 0 Å². The summed E-state index contributed by atoms with van der Waals surface area (Å²) in [5.74, 6) is 0.843. The van der Waals surface area contributed by atoms with Crippen LogP contribution in [-0.2, 0) is 4.74 Å². The lowest BCUT2D eigenvalue weighted by molar-refractivity contribution is 0.255. The van der Waals surface area contributed by atoms with Gasteiger partial charge >= 0.3 is 0 Å². The molecular weight excluding hydrogens is 126 g/mol. The maximum absolute atomic E-state index is 5.27. The fourth-order valence-corrected chi connectivity index (χ4v) is 1.37. The maximum atomic E-state index is 5.27. The summed E-state index contributed by atoms with van der Waals surface area (Å²) in [5.41, 5.74) is 0.0822. The van der Waals surface area contributed by atoms with Gasteiger partial charge in [-0.1, -0.05) is 13.3 Å². The van der Waals surface area contributed by atoms with E-state index in [1.807, 2.05) is 6.92 Å². The van der Waals surface area contributed by atoms with Crippen LogP contribution in [0.15, 0.2) is 4.99 Å². The minimum Gasteiger partial charge on any atom is -0.479 e. The van der Waals surface area contributed by atoms with E-state index in [2.05, 4.69) is 18.8 Å². The average molecular weight is 141 g/mol. The number of nitrogens with zero attached hydrogens (tertiary/aromatic N) is 1. The van der Waals surface area contributed by atoms with Crippen molar-refractivity contribution >= 4 is 5.90 Å². The Labute approximate surface area is 62.3 Å². The van der Waals surface area contributed by atoms with Gasteiger partial charge in [-0.15, -0.1) is 0 Å². The standard InChI is InChI=1S/C8H15NO/c1-4-5-8(3)6-10-7(2)9-8/h4-6H2,1-3H3/t8-/m0/s1. The van der Waals surface area contributed by atoms with Gasteiger partial charge in [-0.25, -0.2) is 4.99 Å². The van der Waals surface area contributed by atoms with Gasteiger partial charge in [-0.05, 0) is 13.3 Å². The normalized spacial score (nSPS) is 31.7. The summed E-state index contributed by atoms with van der Waals surface area (Å²) < 4.78 is 5.27. The quantitative estimate of drug-likeness (QED) is 0.576. The topological polar surface area (TPSA) is 21.6 Å². The third-order valence-corrected chi connectivity index (χ3v) is 1.81. The van der Waals surface area contributed by atoms with E-state index in [9.17, 15) is 0 Å². The van der Waals surface area contributed by atoms with E-state index in [4.69, 9.17) is 4.74 Å². The summed E-state index contributed by atoms with van der Waals surface area (Å²) in [6, 6.07) is 0. The molecule has 1 aliphatic heterocycles. The molecule has 0 saturated carbocycles. The molecule has 10 heavy (non-hydrogen) atoms. The lowest BCUT2D eigenvalue weighted by Gasteiger charge is -2.16. The van der Waals surface area contributed by atoms with Crippen molar-refractivity contribution in [1.82, 2.24) is 0 Å². The highest BCUT2D eigenvalue weighted by molar-refractivity contribution is 5.75. The Morgan fingerprint density at radius 2 is 2.40 bits per heavy atom. The predicted octanol–water partition coefficient (Wildman–Crippen LogP) is 1.99. The van der Waals surface area contributed by atoms with Gasteiger partial charge in [0.05, 0.1) is 5.54 Å². The lowest BCUT2D eigenvalue weighted by atomic mass is 9.99. The van der Waals surface area contributed by atoms with Crippen LogP contribution in [0.25, 0.3) is 0 Å². The third-order valence-electron chi connectivity index (χ3n) is 1.81. The Hall–Kier alpha value is -0.530. The summed E-state index contributed by atoms with van der Waals surface area (Å²) in [5, 5.41) is 0. The molecule has 1 aliphatic rings. The first kappa shape index (κ1) is 7.58. The van der Waals surface area contributed by atoms with Crippen molar-refractivity contribution in [3.05, 3.63) is 0 Å². The molecule has 0 fully saturated rings. The first-order valence-electron chi connectivity index (χ1n) is 3.85. The molecule has 58 valence electrons. The molecule has 0 aliphatic carbocycles. The van der Waals surface area contributed by atoms with Gasteiger partial charge in [0.25, 0.3) is 0 Å². The summed E-state index contributed by atoms with van der Waals surface area (Å²) >= 11 is 0. The number of hydrogen-bond donors (Lipinski definition) is 0. The molecule has 0 bridgehead atoms. The highest BCUT2D eigenvalue weighted by Gasteiger charge is 2.28. The fraction of sp³-hybridized carbons (Fsp3) is 0.875. The van der Waals surface area contributed by atoms with Crippen LogP contribution in [0.3, 0.4) is 0 Å². The van der Waals surface area contributed by atoms with Crippen molar-refractivity contribution < 1.29 is 4.74 Å². The van der Waals surface area contributed by atoms with Crippen molar-refractivity contribution in [2.75, 3.05) is 6.61 Å². The van der Waals surface area contributed by atoms with Crippen LogP contribution in [-0.4, -0.2) is 18.0 Å². The molecule has 1 rings (SSSR count). The van der Waals surface area contributed by atoms with Gasteiger partial charge in [0, 0.05) is 6.92 Å². The van der Waals surface area contributed by atoms with Gasteiger partial charge in [0.1, 0.15) is 6.61 Å². The zero-order valence-electron chi connectivity index (χ0n) is 6.98. The van der Waals surface area contributed by atoms with E-state index in [-0.39, 0.29) is 5.54 Å². The van der Waals surface area contributed by atoms with Crippen molar-refractivity contribution in [2.45, 2.75) is 39.2 Å². The van der Waals surface area contributed by atoms with E-state index in [0.29, 0.717) is 0 Å². The minimum absolute atomic E-state index is 0.0822. The Morgan fingerprint density at radius 1 is 1.70 bits per heavy atom. The highest BCUT2D eigenvalue weighted by Crippen LogP contribution is 2.23. The smallest absolute Gasteiger partial charge is 0.180 e. The predicted molar refractivity (Wildman–Crippen MR) is 42.4 cm³/mol. The van der Waals surface area contributed by atoms with Gasteiger partial charge in [0.2, 0.25) is 0 Å². The molecule has 2 nitrogen and oxygen atoms in total. The van der Waals surface area contributed by atoms with Crippen molar-refractivity contribution in [3.63, 3.8) is 0 Å². The number of rotatable bonds is 2. The number of ether oxygens (including phenoxy) is 1. The molecule has 0 aromatic rings. The van der Waals surface area contributed by atoms with Gasteiger partial charge in [0.15, 0.2) is 5.90 Å². The third kappa shape index (κ3) is 1.49. The largest absolute Gasteiger partial charge is 0.479 e. The van der Waals surface area contributed by atoms with Gasteiger partial charge in [-0.2, -0.15) is 0 Å². The number of hydrogen-bond acceptors (Lipinski definition) is 2. The van der Waals surface area contributed by atoms with E-state index in [1.165, 1.54) is 6.42 Å². The molecule has 0 radical (unpaired) electrons. The van der Waals surface area contributed by atoms with E-state index < -0.39 is 0 Å². The summed E-state index contributed by atoms with van der Waals surface area (Å²) in [6.45, 7) is 7.01. The molecule has 0 spiro atoms. The molecule has 0 aromatic heterocycles. The minimum atomic E-state index is 0.0822. The Morgan fingerprint density at radius 3 is 2.80 bits per heavy atom. The number of aliphatic imine (C=N–C) groups is 1. The van der Waals surface area contributed by atoms with Crippen LogP contribution < -0.4 is 0 Å². The van der Waals surface area contributed by atoms with E-state index >= 15 is 0 Å². The molecule has 0 N–H and O–H groups in total. The molecule has 1 heterocycles. The van der Waals surface area contributed by atoms with E-state index in [1.54, 1.807) is 0 Å². The monoisotopic (exact) mass is 141 g/mol. The second kappa shape index (κ2) is 2.60. The molecular formula is C8H15NO. The maximum Gasteiger partial charge on any atom is 0.180 e. The SMILES string of the molecule is CCC[C@@]1(C)COC(C)=N1. The summed E-state index contributed by atoms with van der Waals surface area (Å²) in [7, 11) is 0. The molecule has 0 amide bonds. The molecule has 0 unspecified atom stereocenters. The fourth-order valence-electron chi connectivity index (χ4n) is 1.37. The van der Waals surface area contributed by atoms with Gasteiger partial charge < -0.3 is 4.74 Å². The van der Waals surface area contributed by atoms with Crippen molar-refractivity contribution in [1.29, 1.82) is 0 Å². The van der Waals surface area contributed by atoms with Crippen LogP contribution in [0, 0.1) is 0 Å². The van der Waals surface area contributed by atoms with Crippen LogP contribution in [0.2, 0.25) is 0 Å². The van der Waals surface area contributed by atoms with Crippen LogP contribution in [0.4, 0.5) is 0 Å². The zero-order chi connectivity index (χ0) is 7.61. The molecule has 2 heteroatoms. The van der Waals surface area contributed by atoms with Crippen LogP contribution in [0.5, 0.6) is 0 Å². The Balaban J connectivity index is 2.54. The molecule has 1 atom stereocenters.